The normalized spacial score (nSPS) is 10.5. The van der Waals surface area contributed by atoms with Crippen molar-refractivity contribution < 1.29 is 19.4 Å². The van der Waals surface area contributed by atoms with Crippen molar-refractivity contribution in [2.75, 3.05) is 7.11 Å². The van der Waals surface area contributed by atoms with Gasteiger partial charge in [0.25, 0.3) is 0 Å². The van der Waals surface area contributed by atoms with Gasteiger partial charge in [-0.15, -0.1) is 11.3 Å². The van der Waals surface area contributed by atoms with E-state index in [-0.39, 0.29) is 4.88 Å². The van der Waals surface area contributed by atoms with Crippen molar-refractivity contribution in [2.45, 2.75) is 0 Å². The van der Waals surface area contributed by atoms with E-state index in [1.165, 1.54) is 6.07 Å². The van der Waals surface area contributed by atoms with E-state index in [2.05, 4.69) is 4.98 Å². The molecule has 21 heavy (non-hydrogen) atoms. The molecule has 0 spiro atoms. The monoisotopic (exact) mass is 301 g/mol. The van der Waals surface area contributed by atoms with Crippen molar-refractivity contribution in [1.82, 2.24) is 4.98 Å². The quantitative estimate of drug-likeness (QED) is 0.794. The van der Waals surface area contributed by atoms with Crippen LogP contribution in [0.5, 0.6) is 17.4 Å². The number of pyridine rings is 1. The molecule has 106 valence electrons. The summed E-state index contributed by atoms with van der Waals surface area (Å²) < 4.78 is 10.9. The maximum absolute atomic E-state index is 10.9. The molecule has 0 saturated heterocycles. The number of carboxylic acid groups (broad SMARTS) is 1. The molecular weight excluding hydrogens is 290 g/mol. The molecule has 0 unspecified atom stereocenters. The van der Waals surface area contributed by atoms with Gasteiger partial charge < -0.3 is 14.6 Å². The van der Waals surface area contributed by atoms with Crippen LogP contribution in [0, 0.1) is 0 Å². The Hall–Kier alpha value is -2.60. The first-order chi connectivity index (χ1) is 10.2. The molecule has 0 atom stereocenters. The van der Waals surface area contributed by atoms with E-state index in [4.69, 9.17) is 14.6 Å². The highest BCUT2D eigenvalue weighted by Gasteiger charge is 2.10. The van der Waals surface area contributed by atoms with E-state index in [0.29, 0.717) is 11.6 Å². The van der Waals surface area contributed by atoms with Crippen LogP contribution in [0.1, 0.15) is 9.67 Å². The second kappa shape index (κ2) is 5.41. The maximum Gasteiger partial charge on any atom is 0.346 e. The lowest BCUT2D eigenvalue weighted by Crippen LogP contribution is -1.91. The molecule has 3 aromatic rings. The van der Waals surface area contributed by atoms with Crippen LogP contribution in [-0.2, 0) is 0 Å². The third-order valence-corrected chi connectivity index (χ3v) is 3.83. The number of benzene rings is 1. The van der Waals surface area contributed by atoms with Gasteiger partial charge in [-0.05, 0) is 29.7 Å². The zero-order valence-corrected chi connectivity index (χ0v) is 11.9. The maximum atomic E-state index is 10.9. The Bertz CT molecular complexity index is 812. The Labute approximate surface area is 124 Å². The summed E-state index contributed by atoms with van der Waals surface area (Å²) in [6.45, 7) is 0. The van der Waals surface area contributed by atoms with Crippen LogP contribution in [-0.4, -0.2) is 23.2 Å². The van der Waals surface area contributed by atoms with Crippen LogP contribution in [0.2, 0.25) is 0 Å². The number of hydrogen-bond acceptors (Lipinski definition) is 5. The number of nitrogens with zero attached hydrogens (tertiary/aromatic N) is 1. The van der Waals surface area contributed by atoms with Crippen molar-refractivity contribution >= 4 is 28.1 Å². The molecule has 6 heteroatoms. The van der Waals surface area contributed by atoms with Gasteiger partial charge in [-0.3, -0.25) is 0 Å². The molecule has 5 nitrogen and oxygen atoms in total. The van der Waals surface area contributed by atoms with E-state index < -0.39 is 5.97 Å². The second-order valence-corrected chi connectivity index (χ2v) is 5.17. The number of ether oxygens (including phenoxy) is 2. The number of carbonyl (C=O) groups is 1. The number of methoxy groups -OCH3 is 1. The van der Waals surface area contributed by atoms with Crippen LogP contribution in [0.25, 0.3) is 10.8 Å². The molecule has 1 aromatic carbocycles. The van der Waals surface area contributed by atoms with Crippen LogP contribution in [0.15, 0.2) is 41.9 Å². The van der Waals surface area contributed by atoms with Gasteiger partial charge in [0, 0.05) is 23.0 Å². The van der Waals surface area contributed by atoms with E-state index in [9.17, 15) is 4.79 Å². The fourth-order valence-electron chi connectivity index (χ4n) is 1.93. The number of carboxylic acids is 1. The molecule has 0 aliphatic heterocycles. The molecule has 2 heterocycles. The highest BCUT2D eigenvalue weighted by Crippen LogP contribution is 2.32. The van der Waals surface area contributed by atoms with Gasteiger partial charge >= 0.3 is 5.97 Å². The largest absolute Gasteiger partial charge is 0.497 e. The Morgan fingerprint density at radius 1 is 1.24 bits per heavy atom. The Balaban J connectivity index is 1.98. The Kier molecular flexibility index (Phi) is 3.45. The summed E-state index contributed by atoms with van der Waals surface area (Å²) in [5.41, 5.74) is 0. The zero-order chi connectivity index (χ0) is 14.8. The molecule has 0 aliphatic carbocycles. The fraction of sp³-hybridized carbons (Fsp3) is 0.0667. The molecule has 0 saturated carbocycles. The minimum atomic E-state index is -0.967. The third-order valence-electron chi connectivity index (χ3n) is 2.94. The van der Waals surface area contributed by atoms with Gasteiger partial charge in [0.2, 0.25) is 5.88 Å². The van der Waals surface area contributed by atoms with Gasteiger partial charge in [0.15, 0.2) is 0 Å². The highest BCUT2D eigenvalue weighted by atomic mass is 32.1. The summed E-state index contributed by atoms with van der Waals surface area (Å²) in [5, 5.41) is 12.3. The molecule has 0 bridgehead atoms. The zero-order valence-electron chi connectivity index (χ0n) is 11.1. The summed E-state index contributed by atoms with van der Waals surface area (Å²) in [5.74, 6) is 0.687. The number of aromatic nitrogens is 1. The summed E-state index contributed by atoms with van der Waals surface area (Å²) in [6.07, 6.45) is 1.64. The Morgan fingerprint density at radius 2 is 2.10 bits per heavy atom. The second-order valence-electron chi connectivity index (χ2n) is 4.26. The smallest absolute Gasteiger partial charge is 0.346 e. The van der Waals surface area contributed by atoms with E-state index in [1.807, 2.05) is 24.3 Å². The van der Waals surface area contributed by atoms with Gasteiger partial charge in [-0.2, -0.15) is 0 Å². The summed E-state index contributed by atoms with van der Waals surface area (Å²) in [4.78, 5) is 15.3. The highest BCUT2D eigenvalue weighted by molar-refractivity contribution is 7.12. The number of thiophene rings is 1. The predicted molar refractivity (Wildman–Crippen MR) is 79.6 cm³/mol. The number of aromatic carboxylic acids is 1. The first kappa shape index (κ1) is 13.4. The first-order valence-corrected chi connectivity index (χ1v) is 6.98. The molecule has 3 rings (SSSR count). The van der Waals surface area contributed by atoms with Gasteiger partial charge in [0.05, 0.1) is 7.11 Å². The summed E-state index contributed by atoms with van der Waals surface area (Å²) in [6, 6.07) is 8.92. The number of rotatable bonds is 4. The molecule has 0 amide bonds. The van der Waals surface area contributed by atoms with Crippen LogP contribution < -0.4 is 9.47 Å². The van der Waals surface area contributed by atoms with Crippen LogP contribution in [0.3, 0.4) is 0 Å². The Morgan fingerprint density at radius 3 is 2.81 bits per heavy atom. The summed E-state index contributed by atoms with van der Waals surface area (Å²) in [7, 11) is 1.61. The van der Waals surface area contributed by atoms with Gasteiger partial charge in [-0.1, -0.05) is 0 Å². The van der Waals surface area contributed by atoms with Gasteiger partial charge in [-0.25, -0.2) is 9.78 Å². The van der Waals surface area contributed by atoms with E-state index >= 15 is 0 Å². The molecular formula is C15H11NO4S. The van der Waals surface area contributed by atoms with Crippen LogP contribution in [0.4, 0.5) is 0 Å². The van der Waals surface area contributed by atoms with E-state index in [0.717, 1.165) is 27.9 Å². The topological polar surface area (TPSA) is 68.7 Å². The summed E-state index contributed by atoms with van der Waals surface area (Å²) >= 11 is 1.12. The van der Waals surface area contributed by atoms with Crippen molar-refractivity contribution in [2.24, 2.45) is 0 Å². The average Bonchev–Trinajstić information content (AvgIpc) is 2.96. The SMILES string of the molecule is COc1ccc2c(Oc3csc(C(=O)O)c3)nccc2c1. The fourth-order valence-corrected chi connectivity index (χ4v) is 2.58. The lowest BCUT2D eigenvalue weighted by molar-refractivity contribution is 0.0702. The predicted octanol–water partition coefficient (Wildman–Crippen LogP) is 3.80. The lowest BCUT2D eigenvalue weighted by atomic mass is 10.1. The number of hydrogen-bond donors (Lipinski definition) is 1. The lowest BCUT2D eigenvalue weighted by Gasteiger charge is -2.07. The molecule has 1 N–H and O–H groups in total. The van der Waals surface area contributed by atoms with Crippen LogP contribution >= 0.6 is 11.3 Å². The first-order valence-electron chi connectivity index (χ1n) is 6.10. The minimum absolute atomic E-state index is 0.229. The average molecular weight is 301 g/mol. The molecule has 2 aromatic heterocycles. The van der Waals surface area contributed by atoms with Crippen molar-refractivity contribution in [3.05, 3.63) is 46.8 Å². The third kappa shape index (κ3) is 2.66. The number of fused-ring (bicyclic) bond motifs is 1. The van der Waals surface area contributed by atoms with Crippen molar-refractivity contribution in [1.29, 1.82) is 0 Å². The molecule has 0 fully saturated rings. The van der Waals surface area contributed by atoms with Gasteiger partial charge in [0.1, 0.15) is 16.4 Å². The van der Waals surface area contributed by atoms with Crippen molar-refractivity contribution in [3.63, 3.8) is 0 Å². The standard InChI is InChI=1S/C15H11NO4S/c1-19-10-2-3-12-9(6-10)4-5-16-14(12)20-11-7-13(15(17)18)21-8-11/h2-8H,1H3,(H,17,18). The van der Waals surface area contributed by atoms with E-state index in [1.54, 1.807) is 18.7 Å². The molecule has 0 aliphatic rings. The van der Waals surface area contributed by atoms with Crippen molar-refractivity contribution in [3.8, 4) is 17.4 Å². The molecule has 0 radical (unpaired) electrons. The minimum Gasteiger partial charge on any atom is -0.497 e.